The number of aliphatic hydroxyl groups is 1. The predicted octanol–water partition coefficient (Wildman–Crippen LogP) is 1.82. The number of aromatic nitrogens is 4. The molecule has 1 aromatic carbocycles. The summed E-state index contributed by atoms with van der Waals surface area (Å²) >= 11 is 1.09. The van der Waals surface area contributed by atoms with Gasteiger partial charge in [0.2, 0.25) is 0 Å². The molecule has 1 aliphatic rings. The van der Waals surface area contributed by atoms with Crippen LogP contribution in [-0.4, -0.2) is 82.0 Å². The molecule has 0 saturated carbocycles. The van der Waals surface area contributed by atoms with E-state index < -0.39 is 17.2 Å². The van der Waals surface area contributed by atoms with Crippen molar-refractivity contribution in [2.24, 2.45) is 0 Å². The van der Waals surface area contributed by atoms with E-state index in [0.29, 0.717) is 31.1 Å². The molecule has 0 radical (unpaired) electrons. The van der Waals surface area contributed by atoms with Crippen molar-refractivity contribution in [1.29, 1.82) is 0 Å². The minimum Gasteiger partial charge on any atom is -0.394 e. The van der Waals surface area contributed by atoms with Crippen LogP contribution in [0, 0.1) is 11.6 Å². The number of hydrogen-bond donors (Lipinski definition) is 4. The van der Waals surface area contributed by atoms with Gasteiger partial charge in [-0.3, -0.25) is 9.69 Å². The number of H-pyrrole nitrogens is 1. The van der Waals surface area contributed by atoms with Crippen molar-refractivity contribution in [3.8, 4) is 0 Å². The van der Waals surface area contributed by atoms with E-state index in [2.05, 4.69) is 35.5 Å². The lowest BCUT2D eigenvalue weighted by Gasteiger charge is -2.26. The summed E-state index contributed by atoms with van der Waals surface area (Å²) < 4.78 is 32.9. The van der Waals surface area contributed by atoms with E-state index in [9.17, 15) is 18.7 Å². The van der Waals surface area contributed by atoms with Gasteiger partial charge in [0.05, 0.1) is 19.8 Å². The van der Waals surface area contributed by atoms with Gasteiger partial charge >= 0.3 is 0 Å². The van der Waals surface area contributed by atoms with E-state index in [1.807, 2.05) is 0 Å². The molecule has 1 atom stereocenters. The van der Waals surface area contributed by atoms with Crippen molar-refractivity contribution >= 4 is 34.6 Å². The van der Waals surface area contributed by atoms with Crippen LogP contribution in [0.1, 0.15) is 12.5 Å². The second-order valence-electron chi connectivity index (χ2n) is 8.08. The smallest absolute Gasteiger partial charge is 0.292 e. The molecule has 3 aromatic rings. The van der Waals surface area contributed by atoms with Crippen LogP contribution in [0.2, 0.25) is 0 Å². The van der Waals surface area contributed by atoms with Crippen LogP contribution in [0.5, 0.6) is 0 Å². The molecule has 13 heteroatoms. The van der Waals surface area contributed by atoms with E-state index in [0.717, 1.165) is 37.5 Å². The Morgan fingerprint density at radius 2 is 2.03 bits per heavy atom. The SMILES string of the molecule is C[C@H](CO)Nc1nc(SCc2cccc(F)c2F)nc2[nH]c(=O)c(NCCN3CCOCC3)nc12. The highest BCUT2D eigenvalue weighted by molar-refractivity contribution is 7.98. The molecule has 4 N–H and O–H groups in total. The standard InChI is InChI=1S/C22H27F2N7O3S/c1-13(11-32)26-18-17-19(30-22(29-18)35-12-14-3-2-4-15(23)16(14)24)28-21(33)20(27-17)25-5-6-31-7-9-34-10-8-31/h2-4,13,32H,5-12H2,1H3,(H,25,27)(H2,26,28,29,30,33)/t13-/m1/s1. The largest absolute Gasteiger partial charge is 0.394 e. The molecule has 188 valence electrons. The minimum absolute atomic E-state index is 0.0862. The van der Waals surface area contributed by atoms with Gasteiger partial charge in [-0.15, -0.1) is 0 Å². The summed E-state index contributed by atoms with van der Waals surface area (Å²) in [4.78, 5) is 30.9. The molecule has 35 heavy (non-hydrogen) atoms. The molecule has 0 bridgehead atoms. The summed E-state index contributed by atoms with van der Waals surface area (Å²) in [6, 6.07) is 3.62. The van der Waals surface area contributed by atoms with Gasteiger partial charge < -0.3 is 25.5 Å². The normalized spacial score (nSPS) is 15.3. The molecular weight excluding hydrogens is 480 g/mol. The lowest BCUT2D eigenvalue weighted by Crippen LogP contribution is -2.39. The fraction of sp³-hybridized carbons (Fsp3) is 0.455. The molecule has 1 aliphatic heterocycles. The first-order chi connectivity index (χ1) is 16.9. The Hall–Kier alpha value is -2.87. The van der Waals surface area contributed by atoms with Gasteiger partial charge in [-0.2, -0.15) is 0 Å². The number of nitrogens with one attached hydrogen (secondary N) is 3. The number of anilines is 2. The fourth-order valence-electron chi connectivity index (χ4n) is 3.48. The summed E-state index contributed by atoms with van der Waals surface area (Å²) in [6.45, 7) is 5.91. The zero-order chi connectivity index (χ0) is 24.8. The third kappa shape index (κ3) is 6.42. The highest BCUT2D eigenvalue weighted by atomic mass is 32.2. The highest BCUT2D eigenvalue weighted by Gasteiger charge is 2.17. The van der Waals surface area contributed by atoms with Gasteiger partial charge in [0.1, 0.15) is 0 Å². The molecule has 0 unspecified atom stereocenters. The summed E-state index contributed by atoms with van der Waals surface area (Å²) in [7, 11) is 0. The summed E-state index contributed by atoms with van der Waals surface area (Å²) in [6.07, 6.45) is 0. The summed E-state index contributed by atoms with van der Waals surface area (Å²) in [5, 5.41) is 15.9. The van der Waals surface area contributed by atoms with Crippen LogP contribution < -0.4 is 16.2 Å². The molecule has 4 rings (SSSR count). The zero-order valence-corrected chi connectivity index (χ0v) is 20.0. The Morgan fingerprint density at radius 3 is 2.80 bits per heavy atom. The second kappa shape index (κ2) is 11.7. The molecular formula is C22H27F2N7O3S. The molecule has 1 fully saturated rings. The van der Waals surface area contributed by atoms with E-state index in [-0.39, 0.29) is 40.6 Å². The molecule has 1 saturated heterocycles. The Bertz CT molecular complexity index is 1220. The number of aliphatic hydroxyl groups excluding tert-OH is 1. The number of aromatic amines is 1. The van der Waals surface area contributed by atoms with Crippen molar-refractivity contribution < 1.29 is 18.6 Å². The Balaban J connectivity index is 1.57. The lowest BCUT2D eigenvalue weighted by atomic mass is 10.2. The topological polar surface area (TPSA) is 128 Å². The predicted molar refractivity (Wildman–Crippen MR) is 130 cm³/mol. The number of morpholine rings is 1. The second-order valence-corrected chi connectivity index (χ2v) is 9.02. The monoisotopic (exact) mass is 507 g/mol. The summed E-state index contributed by atoms with van der Waals surface area (Å²) in [5.74, 6) is -1.31. The fourth-order valence-corrected chi connectivity index (χ4v) is 4.30. The zero-order valence-electron chi connectivity index (χ0n) is 19.2. The van der Waals surface area contributed by atoms with Crippen LogP contribution in [0.4, 0.5) is 20.4 Å². The number of benzene rings is 1. The first kappa shape index (κ1) is 25.2. The van der Waals surface area contributed by atoms with Crippen molar-refractivity contribution in [3.63, 3.8) is 0 Å². The van der Waals surface area contributed by atoms with Crippen LogP contribution in [-0.2, 0) is 10.5 Å². The number of ether oxygens (including phenoxy) is 1. The van der Waals surface area contributed by atoms with E-state index in [1.165, 1.54) is 12.1 Å². The van der Waals surface area contributed by atoms with E-state index in [4.69, 9.17) is 4.74 Å². The molecule has 10 nitrogen and oxygen atoms in total. The van der Waals surface area contributed by atoms with Gasteiger partial charge in [-0.05, 0) is 13.0 Å². The Morgan fingerprint density at radius 1 is 1.23 bits per heavy atom. The van der Waals surface area contributed by atoms with Crippen LogP contribution in [0.25, 0.3) is 11.2 Å². The van der Waals surface area contributed by atoms with E-state index in [1.54, 1.807) is 6.92 Å². The van der Waals surface area contributed by atoms with Crippen molar-refractivity contribution in [2.75, 3.05) is 56.6 Å². The number of fused-ring (bicyclic) bond motifs is 1. The molecule has 0 amide bonds. The number of halogens is 2. The van der Waals surface area contributed by atoms with Gasteiger partial charge in [0, 0.05) is 43.5 Å². The number of nitrogens with zero attached hydrogens (tertiary/aromatic N) is 4. The number of rotatable bonds is 10. The number of hydrogen-bond acceptors (Lipinski definition) is 10. The maximum absolute atomic E-state index is 14.0. The van der Waals surface area contributed by atoms with Crippen LogP contribution in [0.15, 0.2) is 28.2 Å². The number of thioether (sulfide) groups is 1. The van der Waals surface area contributed by atoms with Gasteiger partial charge in [-0.1, -0.05) is 23.9 Å². The van der Waals surface area contributed by atoms with Crippen molar-refractivity contribution in [2.45, 2.75) is 23.9 Å². The Kier molecular flexibility index (Phi) is 8.44. The molecule has 3 heterocycles. The van der Waals surface area contributed by atoms with E-state index >= 15 is 0 Å². The molecule has 0 spiro atoms. The minimum atomic E-state index is -0.927. The van der Waals surface area contributed by atoms with Gasteiger partial charge in [0.25, 0.3) is 5.56 Å². The van der Waals surface area contributed by atoms with Crippen molar-refractivity contribution in [3.05, 3.63) is 45.8 Å². The van der Waals surface area contributed by atoms with Gasteiger partial charge in [0.15, 0.2) is 39.6 Å². The van der Waals surface area contributed by atoms with Gasteiger partial charge in [-0.25, -0.2) is 23.7 Å². The third-order valence-corrected chi connectivity index (χ3v) is 6.30. The molecule has 0 aliphatic carbocycles. The highest BCUT2D eigenvalue weighted by Crippen LogP contribution is 2.26. The average molecular weight is 508 g/mol. The van der Waals surface area contributed by atoms with Crippen molar-refractivity contribution in [1.82, 2.24) is 24.8 Å². The maximum Gasteiger partial charge on any atom is 0.292 e. The van der Waals surface area contributed by atoms with Crippen LogP contribution in [0.3, 0.4) is 0 Å². The summed E-state index contributed by atoms with van der Waals surface area (Å²) in [5.41, 5.74) is 0.244. The average Bonchev–Trinajstić information content (AvgIpc) is 2.86. The first-order valence-electron chi connectivity index (χ1n) is 11.2. The Labute approximate surface area is 204 Å². The van der Waals surface area contributed by atoms with Crippen LogP contribution >= 0.6 is 11.8 Å². The molecule has 2 aromatic heterocycles. The first-order valence-corrected chi connectivity index (χ1v) is 12.2. The third-order valence-electron chi connectivity index (χ3n) is 5.40. The lowest BCUT2D eigenvalue weighted by molar-refractivity contribution is 0.0398. The maximum atomic E-state index is 14.0. The quantitative estimate of drug-likeness (QED) is 0.238.